The SMILES string of the molecule is CC(=O)O[C@]1(C(=O)COC(=O)CCC(=O)N[C@H](C)C(=O)O)CC[C@@H]2[C@@H]3CCC4=CC(=O)CC[C@]4(C)[C@@H]3CC[C@@]21C. The minimum absolute atomic E-state index is 0.0288. The van der Waals surface area contributed by atoms with E-state index in [9.17, 15) is 28.8 Å². The molecule has 0 aliphatic heterocycles. The second-order valence-corrected chi connectivity index (χ2v) is 12.6. The number of fused-ring (bicyclic) bond motifs is 5. The molecule has 7 atom stereocenters. The van der Waals surface area contributed by atoms with Crippen molar-refractivity contribution in [1.29, 1.82) is 0 Å². The Hall–Kier alpha value is -3.04. The lowest BCUT2D eigenvalue weighted by Gasteiger charge is -2.59. The molecule has 0 unspecified atom stereocenters. The van der Waals surface area contributed by atoms with Gasteiger partial charge in [-0.15, -0.1) is 0 Å². The summed E-state index contributed by atoms with van der Waals surface area (Å²) in [7, 11) is 0. The van der Waals surface area contributed by atoms with Crippen molar-refractivity contribution in [3.05, 3.63) is 11.6 Å². The number of ether oxygens (including phenoxy) is 2. The van der Waals surface area contributed by atoms with Gasteiger partial charge in [0.15, 0.2) is 18.0 Å². The van der Waals surface area contributed by atoms with Crippen LogP contribution in [0, 0.1) is 28.6 Å². The van der Waals surface area contributed by atoms with Crippen LogP contribution in [0.1, 0.15) is 91.9 Å². The van der Waals surface area contributed by atoms with Crippen LogP contribution in [0.2, 0.25) is 0 Å². The van der Waals surface area contributed by atoms with Gasteiger partial charge in [-0.2, -0.15) is 0 Å². The molecule has 10 nitrogen and oxygen atoms in total. The second-order valence-electron chi connectivity index (χ2n) is 12.6. The number of hydrogen-bond acceptors (Lipinski definition) is 8. The van der Waals surface area contributed by atoms with Gasteiger partial charge in [0.1, 0.15) is 6.04 Å². The Morgan fingerprint density at radius 1 is 1.02 bits per heavy atom. The summed E-state index contributed by atoms with van der Waals surface area (Å²) in [6.45, 7) is 6.36. The van der Waals surface area contributed by atoms with Gasteiger partial charge in [-0.3, -0.25) is 28.8 Å². The Morgan fingerprint density at radius 3 is 2.40 bits per heavy atom. The maximum absolute atomic E-state index is 13.8. The third kappa shape index (κ3) is 5.21. The molecule has 3 saturated carbocycles. The first kappa shape index (κ1) is 29.9. The molecule has 0 bridgehead atoms. The Labute approximate surface area is 234 Å². The van der Waals surface area contributed by atoms with Crippen LogP contribution in [-0.4, -0.2) is 58.7 Å². The van der Waals surface area contributed by atoms with Crippen molar-refractivity contribution in [3.63, 3.8) is 0 Å². The van der Waals surface area contributed by atoms with Crippen LogP contribution < -0.4 is 5.32 Å². The van der Waals surface area contributed by atoms with Crippen molar-refractivity contribution in [2.75, 3.05) is 6.61 Å². The number of allylic oxidation sites excluding steroid dienone is 1. The summed E-state index contributed by atoms with van der Waals surface area (Å²) in [6.07, 6.45) is 7.11. The topological polar surface area (TPSA) is 153 Å². The van der Waals surface area contributed by atoms with Crippen LogP contribution in [0.4, 0.5) is 0 Å². The van der Waals surface area contributed by atoms with Crippen LogP contribution in [0.25, 0.3) is 0 Å². The Bertz CT molecular complexity index is 1140. The Kier molecular flexibility index (Phi) is 8.30. The zero-order valence-corrected chi connectivity index (χ0v) is 23.9. The number of carboxylic acid groups (broad SMARTS) is 1. The number of rotatable bonds is 9. The summed E-state index contributed by atoms with van der Waals surface area (Å²) in [5.74, 6) is -2.48. The van der Waals surface area contributed by atoms with E-state index in [0.717, 1.165) is 32.1 Å². The summed E-state index contributed by atoms with van der Waals surface area (Å²) >= 11 is 0. The maximum atomic E-state index is 13.8. The normalized spacial score (nSPS) is 35.2. The smallest absolute Gasteiger partial charge is 0.325 e. The molecule has 0 heterocycles. The van der Waals surface area contributed by atoms with Crippen LogP contribution in [0.3, 0.4) is 0 Å². The molecule has 1 amide bonds. The van der Waals surface area contributed by atoms with E-state index in [-0.39, 0.29) is 30.0 Å². The van der Waals surface area contributed by atoms with E-state index < -0.39 is 53.3 Å². The van der Waals surface area contributed by atoms with E-state index in [1.165, 1.54) is 19.4 Å². The van der Waals surface area contributed by atoms with Gasteiger partial charge in [0, 0.05) is 25.2 Å². The average Bonchev–Trinajstić information content (AvgIpc) is 3.18. The van der Waals surface area contributed by atoms with E-state index in [2.05, 4.69) is 12.2 Å². The molecule has 4 aliphatic carbocycles. The number of nitrogens with one attached hydrogen (secondary N) is 1. The zero-order valence-electron chi connectivity index (χ0n) is 23.9. The number of aliphatic carboxylic acids is 1. The molecule has 0 aromatic heterocycles. The van der Waals surface area contributed by atoms with E-state index in [1.54, 1.807) is 0 Å². The molecule has 4 rings (SSSR count). The Balaban J connectivity index is 1.46. The number of carbonyl (C=O) groups excluding carboxylic acids is 5. The molecule has 4 aliphatic rings. The number of ketones is 2. The summed E-state index contributed by atoms with van der Waals surface area (Å²) in [4.78, 5) is 73.3. The van der Waals surface area contributed by atoms with Crippen molar-refractivity contribution < 1.29 is 43.3 Å². The van der Waals surface area contributed by atoms with E-state index in [0.29, 0.717) is 31.1 Å². The fourth-order valence-electron chi connectivity index (χ4n) is 8.41. The molecule has 0 spiro atoms. The van der Waals surface area contributed by atoms with E-state index in [4.69, 9.17) is 14.6 Å². The molecular formula is C30H41NO9. The van der Waals surface area contributed by atoms with Gasteiger partial charge in [0.2, 0.25) is 11.7 Å². The van der Waals surface area contributed by atoms with Gasteiger partial charge in [-0.05, 0) is 81.1 Å². The predicted octanol–water partition coefficient (Wildman–Crippen LogP) is 3.30. The van der Waals surface area contributed by atoms with Gasteiger partial charge < -0.3 is 19.9 Å². The van der Waals surface area contributed by atoms with Gasteiger partial charge in [-0.25, -0.2) is 0 Å². The Morgan fingerprint density at radius 2 is 1.73 bits per heavy atom. The third-order valence-electron chi connectivity index (χ3n) is 10.5. The number of carboxylic acids is 1. The zero-order chi connectivity index (χ0) is 29.5. The first-order valence-electron chi connectivity index (χ1n) is 14.4. The van der Waals surface area contributed by atoms with Crippen molar-refractivity contribution in [1.82, 2.24) is 5.32 Å². The fourth-order valence-corrected chi connectivity index (χ4v) is 8.41. The van der Waals surface area contributed by atoms with Crippen molar-refractivity contribution >= 4 is 35.4 Å². The highest BCUT2D eigenvalue weighted by molar-refractivity contribution is 5.94. The van der Waals surface area contributed by atoms with Crippen LogP contribution in [-0.2, 0) is 38.2 Å². The molecule has 220 valence electrons. The quantitative estimate of drug-likeness (QED) is 0.405. The van der Waals surface area contributed by atoms with Crippen LogP contribution >= 0.6 is 0 Å². The summed E-state index contributed by atoms with van der Waals surface area (Å²) in [5, 5.41) is 11.2. The maximum Gasteiger partial charge on any atom is 0.325 e. The van der Waals surface area contributed by atoms with Crippen molar-refractivity contribution in [2.45, 2.75) is 104 Å². The van der Waals surface area contributed by atoms with Gasteiger partial charge in [0.05, 0.1) is 6.42 Å². The number of esters is 2. The average molecular weight is 560 g/mol. The fraction of sp³-hybridized carbons (Fsp3) is 0.733. The lowest BCUT2D eigenvalue weighted by molar-refractivity contribution is -0.191. The highest BCUT2D eigenvalue weighted by Gasteiger charge is 2.68. The molecule has 40 heavy (non-hydrogen) atoms. The first-order chi connectivity index (χ1) is 18.7. The molecule has 0 aromatic rings. The summed E-state index contributed by atoms with van der Waals surface area (Å²) < 4.78 is 11.1. The first-order valence-corrected chi connectivity index (χ1v) is 14.4. The van der Waals surface area contributed by atoms with Crippen molar-refractivity contribution in [3.8, 4) is 0 Å². The molecule has 2 N–H and O–H groups in total. The summed E-state index contributed by atoms with van der Waals surface area (Å²) in [5.41, 5.74) is -0.785. The molecular weight excluding hydrogens is 518 g/mol. The van der Waals surface area contributed by atoms with Crippen molar-refractivity contribution in [2.24, 2.45) is 28.6 Å². The van der Waals surface area contributed by atoms with Crippen LogP contribution in [0.5, 0.6) is 0 Å². The van der Waals surface area contributed by atoms with Gasteiger partial charge >= 0.3 is 17.9 Å². The highest BCUT2D eigenvalue weighted by atomic mass is 16.6. The lowest BCUT2D eigenvalue weighted by atomic mass is 9.46. The largest absolute Gasteiger partial charge is 0.480 e. The molecule has 10 heteroatoms. The predicted molar refractivity (Wildman–Crippen MR) is 142 cm³/mol. The number of amides is 1. The molecule has 3 fully saturated rings. The highest BCUT2D eigenvalue weighted by Crippen LogP contribution is 2.68. The van der Waals surface area contributed by atoms with Crippen LogP contribution in [0.15, 0.2) is 11.6 Å². The lowest BCUT2D eigenvalue weighted by Crippen LogP contribution is -2.59. The van der Waals surface area contributed by atoms with Gasteiger partial charge in [-0.1, -0.05) is 19.4 Å². The third-order valence-corrected chi connectivity index (χ3v) is 10.5. The number of Topliss-reactive ketones (excluding diaryl/α,β-unsaturated/α-hetero) is 1. The molecule has 0 saturated heterocycles. The van der Waals surface area contributed by atoms with E-state index in [1.807, 2.05) is 13.0 Å². The second kappa shape index (κ2) is 11.1. The van der Waals surface area contributed by atoms with E-state index >= 15 is 0 Å². The minimum Gasteiger partial charge on any atom is -0.480 e. The standard InChI is InChI=1S/C30H41NO9/c1-17(27(37)38)31-25(35)7-8-26(36)39-16-24(34)30(40-18(2)32)14-11-23-21-6-5-19-15-20(33)9-12-28(19,3)22(21)10-13-29(23,30)4/h15,17,21-23H,5-14,16H2,1-4H3,(H,31,35)(H,37,38)/t17-,21-,22-,23-,28+,29+,30+/m1/s1. The molecule has 0 aromatic carbocycles. The van der Waals surface area contributed by atoms with Gasteiger partial charge in [0.25, 0.3) is 0 Å². The minimum atomic E-state index is -1.40. The summed E-state index contributed by atoms with van der Waals surface area (Å²) in [6, 6.07) is -1.09. The molecule has 0 radical (unpaired) electrons. The number of hydrogen-bond donors (Lipinski definition) is 2. The number of carbonyl (C=O) groups is 6. The monoisotopic (exact) mass is 559 g/mol.